The number of hydrogen-bond acceptors (Lipinski definition) is 0. The molecule has 3 rings (SSSR count). The van der Waals surface area contributed by atoms with Gasteiger partial charge in [0.25, 0.3) is 0 Å². The third-order valence-electron chi connectivity index (χ3n) is 3.82. The predicted octanol–water partition coefficient (Wildman–Crippen LogP) is 4.45. The Morgan fingerprint density at radius 2 is 0.682 bits per heavy atom. The molecule has 0 aliphatic rings. The molecule has 0 N–H and O–H groups in total. The van der Waals surface area contributed by atoms with Crippen LogP contribution in [0.25, 0.3) is 0 Å². The molecule has 3 aromatic carbocycles. The fourth-order valence-corrected chi connectivity index (χ4v) is 5.83. The van der Waals surface area contributed by atoms with E-state index in [0.717, 1.165) is 0 Å². The fraction of sp³-hybridized carbons (Fsp3) is 0.0526. The highest BCUT2D eigenvalue weighted by molar-refractivity contribution is 7.95. The van der Waals surface area contributed by atoms with Gasteiger partial charge in [0.05, 0.1) is 6.66 Å². The van der Waals surface area contributed by atoms with E-state index in [1.165, 1.54) is 15.9 Å². The summed E-state index contributed by atoms with van der Waals surface area (Å²) in [6, 6.07) is 32.6. The maximum Gasteiger partial charge on any atom is 0.109 e. The molecule has 0 aromatic heterocycles. The maximum atomic E-state index is 2.41. The molecule has 0 heterocycles. The minimum atomic E-state index is -1.53. The van der Waals surface area contributed by atoms with Crippen molar-refractivity contribution < 1.29 is 0 Å². The van der Waals surface area contributed by atoms with Crippen molar-refractivity contribution in [2.45, 2.75) is 0 Å². The zero-order valence-electron chi connectivity index (χ0n) is 12.4. The first kappa shape index (κ1) is 18.7. The Morgan fingerprint density at radius 1 is 0.455 bits per heavy atom. The zero-order valence-corrected chi connectivity index (χ0v) is 15.0. The van der Waals surface area contributed by atoms with E-state index >= 15 is 0 Å². The number of rotatable bonds is 3. The van der Waals surface area contributed by atoms with Crippen LogP contribution >= 0.6 is 32.1 Å². The van der Waals surface area contributed by atoms with E-state index in [9.17, 15) is 0 Å². The molecule has 0 saturated carbocycles. The van der Waals surface area contributed by atoms with Gasteiger partial charge in [0.2, 0.25) is 0 Å². The van der Waals surface area contributed by atoms with Crippen LogP contribution in [0.2, 0.25) is 0 Å². The second-order valence-electron chi connectivity index (χ2n) is 5.01. The summed E-state index contributed by atoms with van der Waals surface area (Å²) in [5, 5.41) is 4.28. The van der Waals surface area contributed by atoms with E-state index in [1.807, 2.05) is 0 Å². The third-order valence-corrected chi connectivity index (χ3v) is 7.81. The first-order chi connectivity index (χ1) is 9.82. The first-order valence-corrected chi connectivity index (χ1v) is 9.09. The van der Waals surface area contributed by atoms with Crippen LogP contribution < -0.4 is 15.9 Å². The van der Waals surface area contributed by atoms with Gasteiger partial charge in [-0.1, -0.05) is 54.6 Å². The van der Waals surface area contributed by atoms with Crippen LogP contribution in [0.15, 0.2) is 91.0 Å². The number of benzene rings is 3. The lowest BCUT2D eigenvalue weighted by Gasteiger charge is -2.22. The summed E-state index contributed by atoms with van der Waals surface area (Å²) in [5.74, 6) is 0. The lowest BCUT2D eigenvalue weighted by atomic mass is 10.4. The van der Waals surface area contributed by atoms with Crippen molar-refractivity contribution in [3.8, 4) is 0 Å². The molecule has 0 saturated heterocycles. The van der Waals surface area contributed by atoms with Crippen LogP contribution in [0.3, 0.4) is 0 Å². The van der Waals surface area contributed by atoms with Gasteiger partial charge in [-0.2, -0.15) is 0 Å². The van der Waals surface area contributed by atoms with Crippen molar-refractivity contribution in [2.24, 2.45) is 0 Å². The van der Waals surface area contributed by atoms with E-state index in [0.29, 0.717) is 0 Å². The molecule has 114 valence electrons. The second-order valence-corrected chi connectivity index (χ2v) is 8.57. The van der Waals surface area contributed by atoms with E-state index in [2.05, 4.69) is 97.7 Å². The number of halogens is 2. The van der Waals surface area contributed by atoms with Gasteiger partial charge in [-0.05, 0) is 36.4 Å². The van der Waals surface area contributed by atoms with Crippen molar-refractivity contribution in [3.63, 3.8) is 0 Å². The summed E-state index contributed by atoms with van der Waals surface area (Å²) >= 11 is 0. The molecule has 0 atom stereocenters. The third kappa shape index (κ3) is 3.52. The van der Waals surface area contributed by atoms with Crippen LogP contribution in [0.1, 0.15) is 0 Å². The van der Waals surface area contributed by atoms with Gasteiger partial charge >= 0.3 is 0 Å². The monoisotopic (exact) mass is 349 g/mol. The molecule has 3 heteroatoms. The van der Waals surface area contributed by atoms with E-state index < -0.39 is 7.26 Å². The largest absolute Gasteiger partial charge is 0.147 e. The van der Waals surface area contributed by atoms with Crippen LogP contribution in [0, 0.1) is 0 Å². The molecule has 3 aromatic rings. The Bertz CT molecular complexity index is 573. The SMILES string of the molecule is C[P+](c1ccccc1)(c1ccccc1)c1ccccc1.Cl.Cl. The van der Waals surface area contributed by atoms with Crippen molar-refractivity contribution in [1.82, 2.24) is 0 Å². The van der Waals surface area contributed by atoms with Crippen LogP contribution in [0.4, 0.5) is 0 Å². The average molecular weight is 350 g/mol. The topological polar surface area (TPSA) is 0 Å². The smallest absolute Gasteiger partial charge is 0.109 e. The Hall–Kier alpha value is -1.33. The molecule has 0 aliphatic carbocycles. The highest BCUT2D eigenvalue weighted by Crippen LogP contribution is 2.51. The summed E-state index contributed by atoms with van der Waals surface area (Å²) in [6.45, 7) is 2.41. The molecule has 0 radical (unpaired) electrons. The molecule has 0 nitrogen and oxygen atoms in total. The lowest BCUT2D eigenvalue weighted by Crippen LogP contribution is -2.30. The quantitative estimate of drug-likeness (QED) is 0.612. The van der Waals surface area contributed by atoms with Gasteiger partial charge in [-0.25, -0.2) is 0 Å². The average Bonchev–Trinajstić information content (AvgIpc) is 2.56. The van der Waals surface area contributed by atoms with Crippen LogP contribution in [0.5, 0.6) is 0 Å². The van der Waals surface area contributed by atoms with Crippen molar-refractivity contribution in [3.05, 3.63) is 91.0 Å². The molecular formula is C19H20Cl2P+. The van der Waals surface area contributed by atoms with Crippen LogP contribution in [-0.2, 0) is 0 Å². The van der Waals surface area contributed by atoms with Crippen LogP contribution in [-0.4, -0.2) is 6.66 Å². The second kappa shape index (κ2) is 8.34. The molecular weight excluding hydrogens is 330 g/mol. The Labute approximate surface area is 145 Å². The first-order valence-electron chi connectivity index (χ1n) is 6.85. The van der Waals surface area contributed by atoms with E-state index in [4.69, 9.17) is 0 Å². The van der Waals surface area contributed by atoms with Crippen molar-refractivity contribution in [1.29, 1.82) is 0 Å². The highest BCUT2D eigenvalue weighted by Gasteiger charge is 2.39. The minimum absolute atomic E-state index is 0. The summed E-state index contributed by atoms with van der Waals surface area (Å²) in [7, 11) is -1.53. The Balaban J connectivity index is 0.00000121. The molecule has 0 bridgehead atoms. The summed E-state index contributed by atoms with van der Waals surface area (Å²) in [6.07, 6.45) is 0. The molecule has 0 fully saturated rings. The minimum Gasteiger partial charge on any atom is -0.147 e. The van der Waals surface area contributed by atoms with Gasteiger partial charge in [0.15, 0.2) is 0 Å². The lowest BCUT2D eigenvalue weighted by molar-refractivity contribution is 1.72. The van der Waals surface area contributed by atoms with Gasteiger partial charge < -0.3 is 0 Å². The zero-order chi connectivity index (χ0) is 13.8. The molecule has 0 unspecified atom stereocenters. The predicted molar refractivity (Wildman–Crippen MR) is 106 cm³/mol. The van der Waals surface area contributed by atoms with Crippen molar-refractivity contribution >= 4 is 48.0 Å². The van der Waals surface area contributed by atoms with Gasteiger partial charge in [-0.15, -0.1) is 24.8 Å². The summed E-state index contributed by atoms with van der Waals surface area (Å²) in [4.78, 5) is 0. The van der Waals surface area contributed by atoms with Crippen molar-refractivity contribution in [2.75, 3.05) is 6.66 Å². The van der Waals surface area contributed by atoms with Gasteiger partial charge in [0.1, 0.15) is 23.2 Å². The summed E-state index contributed by atoms with van der Waals surface area (Å²) in [5.41, 5.74) is 0. The van der Waals surface area contributed by atoms with Gasteiger partial charge in [0, 0.05) is 0 Å². The molecule has 0 aliphatic heterocycles. The molecule has 22 heavy (non-hydrogen) atoms. The summed E-state index contributed by atoms with van der Waals surface area (Å²) < 4.78 is 0. The normalized spacial score (nSPS) is 10.2. The number of hydrogen-bond donors (Lipinski definition) is 0. The van der Waals surface area contributed by atoms with Gasteiger partial charge in [-0.3, -0.25) is 0 Å². The standard InChI is InChI=1S/C19H18P.2ClH/c1-20(17-11-5-2-6-12-17,18-13-7-3-8-14-18)19-15-9-4-10-16-19;;/h2-16H,1H3;2*1H/q+1;;. The Kier molecular flexibility index (Phi) is 7.10. The van der Waals surface area contributed by atoms with E-state index in [1.54, 1.807) is 0 Å². The Morgan fingerprint density at radius 3 is 0.909 bits per heavy atom. The molecule has 0 spiro atoms. The molecule has 0 amide bonds. The van der Waals surface area contributed by atoms with E-state index in [-0.39, 0.29) is 24.8 Å². The maximum absolute atomic E-state index is 2.41. The highest BCUT2D eigenvalue weighted by atomic mass is 35.5. The fourth-order valence-electron chi connectivity index (χ4n) is 2.63.